The smallest absolute Gasteiger partial charge is 0.320 e. The topological polar surface area (TPSA) is 38.3 Å². The van der Waals surface area contributed by atoms with Gasteiger partial charge in [-0.2, -0.15) is 0 Å². The number of nitrogens with one attached hydrogen (secondary N) is 1. The Balaban J connectivity index is 2.48. The van der Waals surface area contributed by atoms with E-state index < -0.39 is 0 Å². The number of rotatable bonds is 5. The predicted octanol–water partition coefficient (Wildman–Crippen LogP) is 3.05. The molecular formula is C13H18BrNO2. The van der Waals surface area contributed by atoms with Crippen LogP contribution in [0, 0.1) is 0 Å². The van der Waals surface area contributed by atoms with Crippen molar-refractivity contribution in [3.8, 4) is 0 Å². The fourth-order valence-electron chi connectivity index (χ4n) is 1.48. The van der Waals surface area contributed by atoms with Gasteiger partial charge in [-0.05, 0) is 32.4 Å². The lowest BCUT2D eigenvalue weighted by Crippen LogP contribution is -2.28. The van der Waals surface area contributed by atoms with Crippen LogP contribution in [0.1, 0.15) is 32.4 Å². The highest BCUT2D eigenvalue weighted by atomic mass is 79.9. The highest BCUT2D eigenvalue weighted by Gasteiger charge is 2.11. The number of carbonyl (C=O) groups excluding carboxylic acids is 1. The van der Waals surface area contributed by atoms with Crippen molar-refractivity contribution in [2.75, 3.05) is 6.54 Å². The van der Waals surface area contributed by atoms with Gasteiger partial charge < -0.3 is 10.1 Å². The van der Waals surface area contributed by atoms with Crippen LogP contribution in [0.3, 0.4) is 0 Å². The van der Waals surface area contributed by atoms with Crippen molar-refractivity contribution in [2.45, 2.75) is 32.9 Å². The molecule has 0 saturated carbocycles. The van der Waals surface area contributed by atoms with Gasteiger partial charge in [0, 0.05) is 10.5 Å². The third kappa shape index (κ3) is 4.88. The Morgan fingerprint density at radius 1 is 1.35 bits per heavy atom. The van der Waals surface area contributed by atoms with Gasteiger partial charge in [0.15, 0.2) is 0 Å². The predicted molar refractivity (Wildman–Crippen MR) is 71.8 cm³/mol. The molecule has 0 fully saturated rings. The molecular weight excluding hydrogens is 282 g/mol. The van der Waals surface area contributed by atoms with Crippen LogP contribution in [0.5, 0.6) is 0 Å². The van der Waals surface area contributed by atoms with E-state index >= 15 is 0 Å². The Bertz CT molecular complexity index is 379. The molecule has 0 aliphatic rings. The summed E-state index contributed by atoms with van der Waals surface area (Å²) in [7, 11) is 0. The molecule has 0 aromatic heterocycles. The number of carbonyl (C=O) groups is 1. The van der Waals surface area contributed by atoms with Crippen molar-refractivity contribution in [3.63, 3.8) is 0 Å². The van der Waals surface area contributed by atoms with Gasteiger partial charge in [-0.25, -0.2) is 0 Å². The van der Waals surface area contributed by atoms with E-state index in [1.807, 2.05) is 45.0 Å². The Kier molecular flexibility index (Phi) is 5.65. The summed E-state index contributed by atoms with van der Waals surface area (Å²) in [5.41, 5.74) is 1.13. The summed E-state index contributed by atoms with van der Waals surface area (Å²) in [5.74, 6) is -0.223. The van der Waals surface area contributed by atoms with Gasteiger partial charge in [-0.3, -0.25) is 4.79 Å². The zero-order valence-electron chi connectivity index (χ0n) is 10.4. The molecule has 1 atom stereocenters. The minimum atomic E-state index is -0.223. The molecule has 1 N–H and O–H groups in total. The largest absolute Gasteiger partial charge is 0.462 e. The van der Waals surface area contributed by atoms with Gasteiger partial charge in [0.25, 0.3) is 0 Å². The SMILES string of the molecule is CC(C)OC(=O)CN[C@H](C)c1ccccc1Br. The van der Waals surface area contributed by atoms with E-state index in [0.29, 0.717) is 0 Å². The zero-order valence-corrected chi connectivity index (χ0v) is 12.0. The summed E-state index contributed by atoms with van der Waals surface area (Å²) < 4.78 is 6.09. The summed E-state index contributed by atoms with van der Waals surface area (Å²) in [6.45, 7) is 5.92. The molecule has 0 radical (unpaired) electrons. The normalized spacial score (nSPS) is 12.5. The van der Waals surface area contributed by atoms with E-state index in [0.717, 1.165) is 10.0 Å². The second kappa shape index (κ2) is 6.77. The molecule has 0 saturated heterocycles. The van der Waals surface area contributed by atoms with Gasteiger partial charge in [0.1, 0.15) is 0 Å². The standard InChI is InChI=1S/C13H18BrNO2/c1-9(2)17-13(16)8-15-10(3)11-6-4-5-7-12(11)14/h4-7,9-10,15H,8H2,1-3H3/t10-/m1/s1. The molecule has 3 nitrogen and oxygen atoms in total. The number of hydrogen-bond donors (Lipinski definition) is 1. The molecule has 0 aliphatic heterocycles. The molecule has 0 bridgehead atoms. The van der Waals surface area contributed by atoms with Crippen LogP contribution in [0.2, 0.25) is 0 Å². The van der Waals surface area contributed by atoms with Crippen LogP contribution >= 0.6 is 15.9 Å². The second-order valence-corrected chi connectivity index (χ2v) is 5.02. The quantitative estimate of drug-likeness (QED) is 0.849. The van der Waals surface area contributed by atoms with Crippen molar-refractivity contribution < 1.29 is 9.53 Å². The van der Waals surface area contributed by atoms with Gasteiger partial charge in [-0.1, -0.05) is 34.1 Å². The van der Waals surface area contributed by atoms with Gasteiger partial charge in [0.05, 0.1) is 12.6 Å². The van der Waals surface area contributed by atoms with Crippen molar-refractivity contribution in [3.05, 3.63) is 34.3 Å². The monoisotopic (exact) mass is 299 g/mol. The Morgan fingerprint density at radius 2 is 2.00 bits per heavy atom. The van der Waals surface area contributed by atoms with Crippen LogP contribution in [-0.4, -0.2) is 18.6 Å². The lowest BCUT2D eigenvalue weighted by atomic mass is 10.1. The number of esters is 1. The molecule has 0 unspecified atom stereocenters. The van der Waals surface area contributed by atoms with E-state index in [1.54, 1.807) is 0 Å². The van der Waals surface area contributed by atoms with Crippen molar-refractivity contribution in [1.29, 1.82) is 0 Å². The van der Waals surface area contributed by atoms with Crippen molar-refractivity contribution in [1.82, 2.24) is 5.32 Å². The third-order valence-corrected chi connectivity index (χ3v) is 3.01. The first-order chi connectivity index (χ1) is 8.00. The maximum Gasteiger partial charge on any atom is 0.320 e. The van der Waals surface area contributed by atoms with Crippen LogP contribution < -0.4 is 5.32 Å². The van der Waals surface area contributed by atoms with Crippen LogP contribution in [0.4, 0.5) is 0 Å². The lowest BCUT2D eigenvalue weighted by Gasteiger charge is -2.16. The molecule has 0 heterocycles. The first-order valence-electron chi connectivity index (χ1n) is 5.68. The van der Waals surface area contributed by atoms with Crippen molar-refractivity contribution >= 4 is 21.9 Å². The summed E-state index contributed by atoms with van der Waals surface area (Å²) in [6.07, 6.45) is -0.0666. The Morgan fingerprint density at radius 3 is 2.59 bits per heavy atom. The Hall–Kier alpha value is -0.870. The lowest BCUT2D eigenvalue weighted by molar-refractivity contribution is -0.146. The summed E-state index contributed by atoms with van der Waals surface area (Å²) in [4.78, 5) is 11.4. The maximum atomic E-state index is 11.4. The first-order valence-corrected chi connectivity index (χ1v) is 6.47. The number of ether oxygens (including phenoxy) is 1. The minimum absolute atomic E-state index is 0.0666. The molecule has 0 amide bonds. The summed E-state index contributed by atoms with van der Waals surface area (Å²) in [5, 5.41) is 3.14. The molecule has 1 aromatic rings. The van der Waals surface area contributed by atoms with E-state index in [4.69, 9.17) is 4.74 Å². The molecule has 17 heavy (non-hydrogen) atoms. The summed E-state index contributed by atoms with van der Waals surface area (Å²) in [6, 6.07) is 8.05. The van der Waals surface area contributed by atoms with Crippen molar-refractivity contribution in [2.24, 2.45) is 0 Å². The average Bonchev–Trinajstić information content (AvgIpc) is 2.25. The van der Waals surface area contributed by atoms with E-state index in [2.05, 4.69) is 21.2 Å². The maximum absolute atomic E-state index is 11.4. The second-order valence-electron chi connectivity index (χ2n) is 4.16. The average molecular weight is 300 g/mol. The van der Waals surface area contributed by atoms with Gasteiger partial charge >= 0.3 is 5.97 Å². The molecule has 4 heteroatoms. The zero-order chi connectivity index (χ0) is 12.8. The first kappa shape index (κ1) is 14.2. The molecule has 1 aromatic carbocycles. The third-order valence-electron chi connectivity index (χ3n) is 2.29. The van der Waals surface area contributed by atoms with Gasteiger partial charge in [0.2, 0.25) is 0 Å². The van der Waals surface area contributed by atoms with E-state index in [9.17, 15) is 4.79 Å². The van der Waals surface area contributed by atoms with E-state index in [-0.39, 0.29) is 24.7 Å². The van der Waals surface area contributed by atoms with Crippen LogP contribution in [0.15, 0.2) is 28.7 Å². The number of halogens is 1. The number of hydrogen-bond acceptors (Lipinski definition) is 3. The Labute approximate surface area is 111 Å². The fourth-order valence-corrected chi connectivity index (χ4v) is 2.11. The number of benzene rings is 1. The minimum Gasteiger partial charge on any atom is -0.462 e. The fraction of sp³-hybridized carbons (Fsp3) is 0.462. The highest BCUT2D eigenvalue weighted by Crippen LogP contribution is 2.22. The molecule has 1 rings (SSSR count). The highest BCUT2D eigenvalue weighted by molar-refractivity contribution is 9.10. The van der Waals surface area contributed by atoms with Crippen LogP contribution in [-0.2, 0) is 9.53 Å². The molecule has 94 valence electrons. The summed E-state index contributed by atoms with van der Waals surface area (Å²) >= 11 is 3.49. The van der Waals surface area contributed by atoms with Gasteiger partial charge in [-0.15, -0.1) is 0 Å². The van der Waals surface area contributed by atoms with E-state index in [1.165, 1.54) is 0 Å². The molecule has 0 spiro atoms. The molecule has 0 aliphatic carbocycles. The van der Waals surface area contributed by atoms with Crippen LogP contribution in [0.25, 0.3) is 0 Å².